The van der Waals surface area contributed by atoms with Crippen molar-refractivity contribution in [1.29, 1.82) is 0 Å². The monoisotopic (exact) mass is 381 g/mol. The number of benzene rings is 1. The van der Waals surface area contributed by atoms with Crippen LogP contribution in [0.15, 0.2) is 34.2 Å². The summed E-state index contributed by atoms with van der Waals surface area (Å²) >= 11 is 0. The SMILES string of the molecule is CCC[C@H](C)NC(=O)COC(=O)CCN=C1NS(=O)(=O)c2ccccc21. The number of carbonyl (C=O) groups excluding carboxylic acids is 2. The first kappa shape index (κ1) is 19.9. The predicted octanol–water partition coefficient (Wildman–Crippen LogP) is 0.963. The maximum absolute atomic E-state index is 11.9. The number of amidine groups is 1. The first-order valence-electron chi connectivity index (χ1n) is 8.45. The minimum Gasteiger partial charge on any atom is -0.456 e. The highest BCUT2D eigenvalue weighted by Gasteiger charge is 2.29. The number of rotatable bonds is 8. The Morgan fingerprint density at radius 3 is 2.77 bits per heavy atom. The highest BCUT2D eigenvalue weighted by Crippen LogP contribution is 2.22. The van der Waals surface area contributed by atoms with Crippen molar-refractivity contribution in [2.75, 3.05) is 13.2 Å². The number of sulfonamides is 1. The van der Waals surface area contributed by atoms with E-state index in [2.05, 4.69) is 15.0 Å². The van der Waals surface area contributed by atoms with Crippen LogP contribution in [-0.4, -0.2) is 45.3 Å². The minimum absolute atomic E-state index is 0.0352. The third-order valence-corrected chi connectivity index (χ3v) is 5.14. The first-order valence-corrected chi connectivity index (χ1v) is 9.93. The van der Waals surface area contributed by atoms with E-state index in [4.69, 9.17) is 4.74 Å². The molecule has 142 valence electrons. The Hall–Kier alpha value is -2.42. The Bertz CT molecular complexity index is 804. The van der Waals surface area contributed by atoms with E-state index in [1.54, 1.807) is 18.2 Å². The highest BCUT2D eigenvalue weighted by atomic mass is 32.2. The summed E-state index contributed by atoms with van der Waals surface area (Å²) in [5, 5.41) is 2.74. The summed E-state index contributed by atoms with van der Waals surface area (Å²) in [4.78, 5) is 27.6. The molecule has 2 N–H and O–H groups in total. The van der Waals surface area contributed by atoms with Crippen LogP contribution >= 0.6 is 0 Å². The zero-order valence-corrected chi connectivity index (χ0v) is 15.6. The Balaban J connectivity index is 1.80. The summed E-state index contributed by atoms with van der Waals surface area (Å²) < 4.78 is 31.1. The Kier molecular flexibility index (Phi) is 6.73. The molecule has 0 saturated carbocycles. The molecule has 1 aliphatic rings. The molecule has 0 bridgehead atoms. The molecule has 26 heavy (non-hydrogen) atoms. The van der Waals surface area contributed by atoms with Gasteiger partial charge in [-0.05, 0) is 25.5 Å². The number of carbonyl (C=O) groups is 2. The molecule has 0 unspecified atom stereocenters. The molecule has 0 saturated heterocycles. The van der Waals surface area contributed by atoms with E-state index < -0.39 is 16.0 Å². The lowest BCUT2D eigenvalue weighted by molar-refractivity contribution is -0.148. The fourth-order valence-corrected chi connectivity index (χ4v) is 3.80. The minimum atomic E-state index is -3.59. The van der Waals surface area contributed by atoms with Gasteiger partial charge in [0.05, 0.1) is 17.9 Å². The third-order valence-electron chi connectivity index (χ3n) is 3.74. The van der Waals surface area contributed by atoms with Gasteiger partial charge in [0.1, 0.15) is 5.84 Å². The number of amides is 1. The molecule has 0 spiro atoms. The summed E-state index contributed by atoms with van der Waals surface area (Å²) in [5.41, 5.74) is 0.477. The van der Waals surface area contributed by atoms with E-state index in [1.165, 1.54) is 6.07 Å². The lowest BCUT2D eigenvalue weighted by Crippen LogP contribution is -2.35. The Morgan fingerprint density at radius 1 is 1.31 bits per heavy atom. The van der Waals surface area contributed by atoms with Gasteiger partial charge in [-0.2, -0.15) is 0 Å². The van der Waals surface area contributed by atoms with Crippen molar-refractivity contribution in [3.63, 3.8) is 0 Å². The molecule has 0 aromatic heterocycles. The fourth-order valence-electron chi connectivity index (χ4n) is 2.55. The summed E-state index contributed by atoms with van der Waals surface area (Å²) in [6, 6.07) is 6.51. The molecule has 0 aliphatic carbocycles. The summed E-state index contributed by atoms with van der Waals surface area (Å²) in [7, 11) is -3.59. The zero-order chi connectivity index (χ0) is 19.2. The predicted molar refractivity (Wildman–Crippen MR) is 96.3 cm³/mol. The molecule has 2 rings (SSSR count). The number of aliphatic imine (C=N–C) groups is 1. The van der Waals surface area contributed by atoms with Crippen LogP contribution in [-0.2, 0) is 24.3 Å². The number of hydrogen-bond donors (Lipinski definition) is 2. The average Bonchev–Trinajstić information content (AvgIpc) is 2.84. The van der Waals surface area contributed by atoms with Crippen molar-refractivity contribution < 1.29 is 22.7 Å². The van der Waals surface area contributed by atoms with Crippen LogP contribution in [0.3, 0.4) is 0 Å². The number of esters is 1. The van der Waals surface area contributed by atoms with Gasteiger partial charge in [-0.1, -0.05) is 25.5 Å². The van der Waals surface area contributed by atoms with E-state index in [9.17, 15) is 18.0 Å². The van der Waals surface area contributed by atoms with Gasteiger partial charge in [-0.15, -0.1) is 0 Å². The van der Waals surface area contributed by atoms with Crippen molar-refractivity contribution in [2.24, 2.45) is 4.99 Å². The molecule has 1 amide bonds. The van der Waals surface area contributed by atoms with Crippen molar-refractivity contribution in [2.45, 2.75) is 44.0 Å². The lowest BCUT2D eigenvalue weighted by Gasteiger charge is -2.12. The van der Waals surface area contributed by atoms with E-state index in [0.717, 1.165) is 12.8 Å². The molecule has 1 aromatic rings. The van der Waals surface area contributed by atoms with Crippen molar-refractivity contribution >= 4 is 27.7 Å². The second kappa shape index (κ2) is 8.79. The van der Waals surface area contributed by atoms with E-state index >= 15 is 0 Å². The maximum Gasteiger partial charge on any atom is 0.308 e. The van der Waals surface area contributed by atoms with Crippen LogP contribution in [0.25, 0.3) is 0 Å². The molecule has 0 fully saturated rings. The summed E-state index contributed by atoms with van der Waals surface area (Å²) in [6.45, 7) is 3.63. The molecular formula is C17H23N3O5S. The topological polar surface area (TPSA) is 114 Å². The fraction of sp³-hybridized carbons (Fsp3) is 0.471. The number of hydrogen-bond acceptors (Lipinski definition) is 6. The van der Waals surface area contributed by atoms with Gasteiger partial charge in [0.2, 0.25) is 0 Å². The van der Waals surface area contributed by atoms with E-state index in [-0.39, 0.29) is 42.3 Å². The summed E-state index contributed by atoms with van der Waals surface area (Å²) in [6.07, 6.45) is 1.76. The van der Waals surface area contributed by atoms with E-state index in [0.29, 0.717) is 5.56 Å². The number of nitrogens with zero attached hydrogens (tertiary/aromatic N) is 1. The smallest absolute Gasteiger partial charge is 0.308 e. The molecule has 1 aliphatic heterocycles. The molecular weight excluding hydrogens is 358 g/mol. The molecule has 1 aromatic carbocycles. The van der Waals surface area contributed by atoms with Gasteiger partial charge < -0.3 is 10.1 Å². The van der Waals surface area contributed by atoms with Gasteiger partial charge >= 0.3 is 5.97 Å². The average molecular weight is 381 g/mol. The van der Waals surface area contributed by atoms with Crippen LogP contribution in [0.4, 0.5) is 0 Å². The van der Waals surface area contributed by atoms with Crippen LogP contribution in [0.2, 0.25) is 0 Å². The molecule has 9 heteroatoms. The number of fused-ring (bicyclic) bond motifs is 1. The second-order valence-corrected chi connectivity index (χ2v) is 7.65. The molecule has 1 atom stereocenters. The van der Waals surface area contributed by atoms with Crippen molar-refractivity contribution in [3.05, 3.63) is 29.8 Å². The molecule has 8 nitrogen and oxygen atoms in total. The van der Waals surface area contributed by atoms with Crippen LogP contribution in [0.1, 0.15) is 38.7 Å². The van der Waals surface area contributed by atoms with Gasteiger partial charge in [0.15, 0.2) is 6.61 Å². The number of nitrogens with one attached hydrogen (secondary N) is 2. The van der Waals surface area contributed by atoms with E-state index in [1.807, 2.05) is 13.8 Å². The lowest BCUT2D eigenvalue weighted by atomic mass is 10.2. The Labute approximate surface area is 153 Å². The zero-order valence-electron chi connectivity index (χ0n) is 14.8. The number of ether oxygens (including phenoxy) is 1. The standard InChI is InChI=1S/C17H23N3O5S/c1-3-6-12(2)19-15(21)11-25-16(22)9-10-18-17-13-7-4-5-8-14(13)26(23,24)20-17/h4-5,7-8,12H,3,6,9-11H2,1-2H3,(H,18,20)(H,19,21)/t12-/m0/s1. The van der Waals surface area contributed by atoms with Crippen molar-refractivity contribution in [1.82, 2.24) is 10.0 Å². The van der Waals surface area contributed by atoms with Gasteiger partial charge in [-0.25, -0.2) is 8.42 Å². The molecule has 1 heterocycles. The van der Waals surface area contributed by atoms with Gasteiger partial charge in [0, 0.05) is 11.6 Å². The third kappa shape index (κ3) is 5.29. The van der Waals surface area contributed by atoms with Crippen molar-refractivity contribution in [3.8, 4) is 0 Å². The summed E-state index contributed by atoms with van der Waals surface area (Å²) in [5.74, 6) is -0.704. The quantitative estimate of drug-likeness (QED) is 0.651. The molecule has 0 radical (unpaired) electrons. The van der Waals surface area contributed by atoms with Gasteiger partial charge in [-0.3, -0.25) is 19.3 Å². The van der Waals surface area contributed by atoms with Crippen LogP contribution < -0.4 is 10.0 Å². The van der Waals surface area contributed by atoms with Crippen LogP contribution in [0, 0.1) is 0 Å². The first-order chi connectivity index (χ1) is 12.3. The van der Waals surface area contributed by atoms with Crippen LogP contribution in [0.5, 0.6) is 0 Å². The second-order valence-electron chi connectivity index (χ2n) is 6.00. The van der Waals surface area contributed by atoms with Gasteiger partial charge in [0.25, 0.3) is 15.9 Å². The highest BCUT2D eigenvalue weighted by molar-refractivity contribution is 7.90. The maximum atomic E-state index is 11.9. The largest absolute Gasteiger partial charge is 0.456 e. The Morgan fingerprint density at radius 2 is 2.04 bits per heavy atom. The normalized spacial score (nSPS) is 17.2.